The van der Waals surface area contributed by atoms with Crippen molar-refractivity contribution in [3.63, 3.8) is 0 Å². The molecule has 2 bridgehead atoms. The van der Waals surface area contributed by atoms with Gasteiger partial charge in [-0.2, -0.15) is 5.01 Å². The standard InChI is InChI=1S/C28H27F5N4O4/c1-18(26(39)34-13-21-22(30)11-20(29)12-23(21)31)14-37-25(24(15-38)41-16-19-5-3-2-4-6-19)27(40)35-9-7-28(32,33)8-10-36(37)17-35/h2-6,11-12,14-15H,7-10,13,16-17H2,1H3,(H,34,39)/b18-14+,25-24+. The lowest BCUT2D eigenvalue weighted by Crippen LogP contribution is -2.59. The first-order chi connectivity index (χ1) is 19.5. The van der Waals surface area contributed by atoms with Crippen molar-refractivity contribution in [3.05, 3.63) is 94.3 Å². The number of hydrogen-bond acceptors (Lipinski definition) is 6. The van der Waals surface area contributed by atoms with Crippen molar-refractivity contribution in [1.82, 2.24) is 20.2 Å². The number of fused-ring (bicyclic) bond motifs is 2. The minimum atomic E-state index is -3.05. The summed E-state index contributed by atoms with van der Waals surface area (Å²) in [5, 5.41) is 4.81. The summed E-state index contributed by atoms with van der Waals surface area (Å²) in [6.45, 7) is 0.0273. The van der Waals surface area contributed by atoms with E-state index in [0.717, 1.165) is 16.1 Å². The van der Waals surface area contributed by atoms with Crippen LogP contribution in [0.2, 0.25) is 0 Å². The van der Waals surface area contributed by atoms with Crippen molar-refractivity contribution in [2.75, 3.05) is 19.8 Å². The number of hydrogen-bond donors (Lipinski definition) is 1. The fourth-order valence-corrected chi connectivity index (χ4v) is 4.33. The van der Waals surface area contributed by atoms with Gasteiger partial charge in [0.15, 0.2) is 17.7 Å². The van der Waals surface area contributed by atoms with Crippen molar-refractivity contribution >= 4 is 18.1 Å². The zero-order valence-corrected chi connectivity index (χ0v) is 22.0. The molecule has 8 nitrogen and oxygen atoms in total. The van der Waals surface area contributed by atoms with Crippen LogP contribution in [0.3, 0.4) is 0 Å². The van der Waals surface area contributed by atoms with Crippen molar-refractivity contribution in [1.29, 1.82) is 0 Å². The first-order valence-electron chi connectivity index (χ1n) is 12.7. The fraction of sp³-hybridized carbons (Fsp3) is 0.321. The number of ether oxygens (including phenoxy) is 1. The number of alkyl halides is 2. The van der Waals surface area contributed by atoms with Crippen molar-refractivity contribution in [2.24, 2.45) is 0 Å². The largest absolute Gasteiger partial charge is 0.483 e. The van der Waals surface area contributed by atoms with Crippen molar-refractivity contribution in [3.8, 4) is 0 Å². The summed E-state index contributed by atoms with van der Waals surface area (Å²) in [6, 6.07) is 9.74. The number of carbonyl (C=O) groups excluding carboxylic acids is 3. The monoisotopic (exact) mass is 578 g/mol. The molecule has 2 aromatic carbocycles. The van der Waals surface area contributed by atoms with Crippen LogP contribution in [0.25, 0.3) is 0 Å². The molecule has 1 atom stereocenters. The quantitative estimate of drug-likeness (QED) is 0.221. The molecule has 0 spiro atoms. The van der Waals surface area contributed by atoms with E-state index in [4.69, 9.17) is 4.74 Å². The van der Waals surface area contributed by atoms with Crippen molar-refractivity contribution in [2.45, 2.75) is 38.8 Å². The normalized spacial score (nSPS) is 20.2. The Kier molecular flexibility index (Phi) is 9.06. The summed E-state index contributed by atoms with van der Waals surface area (Å²) in [5.74, 6) is -8.50. The van der Waals surface area contributed by atoms with E-state index in [1.165, 1.54) is 11.9 Å². The number of nitrogens with zero attached hydrogens (tertiary/aromatic N) is 3. The Morgan fingerprint density at radius 3 is 2.39 bits per heavy atom. The van der Waals surface area contributed by atoms with Crippen LogP contribution in [0.1, 0.15) is 30.9 Å². The van der Waals surface area contributed by atoms with Gasteiger partial charge in [0.2, 0.25) is 5.91 Å². The second kappa shape index (κ2) is 12.5. The predicted molar refractivity (Wildman–Crippen MR) is 136 cm³/mol. The maximum Gasteiger partial charge on any atom is 0.277 e. The number of benzene rings is 2. The number of aldehydes is 1. The van der Waals surface area contributed by atoms with Crippen LogP contribution in [-0.2, 0) is 32.3 Å². The smallest absolute Gasteiger partial charge is 0.277 e. The van der Waals surface area contributed by atoms with E-state index in [1.807, 2.05) is 0 Å². The van der Waals surface area contributed by atoms with Gasteiger partial charge < -0.3 is 15.0 Å². The first-order valence-corrected chi connectivity index (χ1v) is 12.7. The lowest BCUT2D eigenvalue weighted by atomic mass is 10.1. The SMILES string of the molecule is C/C(=C\N1/C(=C(\C=O)OCc2ccccc2)C(=O)N2CCC(F)(F)CCN1C2)C(=O)NCc1c(F)cc(F)cc1F. The summed E-state index contributed by atoms with van der Waals surface area (Å²) in [4.78, 5) is 39.6. The lowest BCUT2D eigenvalue weighted by molar-refractivity contribution is -0.155. The van der Waals surface area contributed by atoms with Gasteiger partial charge >= 0.3 is 0 Å². The molecule has 2 aliphatic rings. The maximum absolute atomic E-state index is 14.3. The highest BCUT2D eigenvalue weighted by Gasteiger charge is 2.42. The van der Waals surface area contributed by atoms with Crippen LogP contribution in [0.4, 0.5) is 22.0 Å². The van der Waals surface area contributed by atoms with Crippen LogP contribution in [0, 0.1) is 17.5 Å². The molecule has 41 heavy (non-hydrogen) atoms. The first kappa shape index (κ1) is 29.7. The van der Waals surface area contributed by atoms with E-state index in [0.29, 0.717) is 24.0 Å². The zero-order valence-electron chi connectivity index (χ0n) is 22.0. The minimum absolute atomic E-state index is 0.0738. The van der Waals surface area contributed by atoms with Crippen LogP contribution >= 0.6 is 0 Å². The van der Waals surface area contributed by atoms with Gasteiger partial charge in [0.05, 0.1) is 6.67 Å². The molecule has 13 heteroatoms. The summed E-state index contributed by atoms with van der Waals surface area (Å²) >= 11 is 0. The Hall–Kier alpha value is -4.26. The molecule has 0 aromatic heterocycles. The molecule has 2 fully saturated rings. The summed E-state index contributed by atoms with van der Waals surface area (Å²) in [7, 11) is 0. The molecule has 1 N–H and O–H groups in total. The third-order valence-electron chi connectivity index (χ3n) is 6.62. The number of nitrogens with one attached hydrogen (secondary N) is 1. The third-order valence-corrected chi connectivity index (χ3v) is 6.62. The molecule has 2 heterocycles. The van der Waals surface area contributed by atoms with Crippen LogP contribution in [-0.4, -0.2) is 58.7 Å². The number of amides is 2. The van der Waals surface area contributed by atoms with Gasteiger partial charge in [-0.15, -0.1) is 0 Å². The van der Waals surface area contributed by atoms with Crippen LogP contribution < -0.4 is 5.32 Å². The Labute approximate surface area is 232 Å². The zero-order chi connectivity index (χ0) is 29.7. The highest BCUT2D eigenvalue weighted by Crippen LogP contribution is 2.32. The second-order valence-corrected chi connectivity index (χ2v) is 9.59. The van der Waals surface area contributed by atoms with Gasteiger partial charge in [0.25, 0.3) is 11.8 Å². The van der Waals surface area contributed by atoms with E-state index in [-0.39, 0.29) is 43.4 Å². The Bertz CT molecular complexity index is 1360. The molecule has 1 unspecified atom stereocenters. The van der Waals surface area contributed by atoms with Crippen molar-refractivity contribution < 1.29 is 41.1 Å². The molecule has 0 radical (unpaired) electrons. The molecule has 0 saturated carbocycles. The number of carbonyl (C=O) groups is 3. The number of rotatable bonds is 8. The molecule has 4 rings (SSSR count). The van der Waals surface area contributed by atoms with Gasteiger partial charge in [0.1, 0.15) is 24.1 Å². The summed E-state index contributed by atoms with van der Waals surface area (Å²) in [5.41, 5.74) is -0.243. The fourth-order valence-electron chi connectivity index (χ4n) is 4.33. The highest BCUT2D eigenvalue weighted by atomic mass is 19.3. The molecule has 2 aromatic rings. The third kappa shape index (κ3) is 7.09. The summed E-state index contributed by atoms with van der Waals surface area (Å²) < 4.78 is 75.6. The van der Waals surface area contributed by atoms with Gasteiger partial charge in [-0.05, 0) is 12.5 Å². The second-order valence-electron chi connectivity index (χ2n) is 9.59. The van der Waals surface area contributed by atoms with Gasteiger partial charge in [-0.3, -0.25) is 19.4 Å². The van der Waals surface area contributed by atoms with E-state index in [9.17, 15) is 36.3 Å². The average molecular weight is 579 g/mol. The minimum Gasteiger partial charge on any atom is -0.483 e. The van der Waals surface area contributed by atoms with E-state index >= 15 is 0 Å². The predicted octanol–water partition coefficient (Wildman–Crippen LogP) is 4.00. The topological polar surface area (TPSA) is 82.2 Å². The molecule has 218 valence electrons. The maximum atomic E-state index is 14.3. The van der Waals surface area contributed by atoms with Gasteiger partial charge in [-0.1, -0.05) is 30.3 Å². The van der Waals surface area contributed by atoms with Gasteiger partial charge in [0, 0.05) is 61.9 Å². The van der Waals surface area contributed by atoms with E-state index in [2.05, 4.69) is 5.32 Å². The Balaban J connectivity index is 1.65. The molecule has 0 aliphatic carbocycles. The number of halogens is 5. The van der Waals surface area contributed by atoms with Gasteiger partial charge in [-0.25, -0.2) is 22.0 Å². The number of allylic oxidation sites excluding steroid dienone is 1. The van der Waals surface area contributed by atoms with E-state index < -0.39 is 60.1 Å². The highest BCUT2D eigenvalue weighted by molar-refractivity contribution is 5.99. The van der Waals surface area contributed by atoms with Crippen LogP contribution in [0.5, 0.6) is 0 Å². The molecular weight excluding hydrogens is 551 g/mol. The van der Waals surface area contributed by atoms with E-state index in [1.54, 1.807) is 30.3 Å². The van der Waals surface area contributed by atoms with Crippen LogP contribution in [0.15, 0.2) is 65.7 Å². The molecular formula is C28H27F5N4O4. The average Bonchev–Trinajstić information content (AvgIpc) is 2.92. The lowest BCUT2D eigenvalue weighted by Gasteiger charge is -2.46. The molecule has 2 aliphatic heterocycles. The Morgan fingerprint density at radius 1 is 1.07 bits per heavy atom. The number of hydrazine groups is 1. The molecule has 2 saturated heterocycles. The Morgan fingerprint density at radius 2 is 1.73 bits per heavy atom. The molecule has 2 amide bonds. The summed E-state index contributed by atoms with van der Waals surface area (Å²) in [6.07, 6.45) is 0.373.